The number of benzene rings is 1. The Bertz CT molecular complexity index is 445. The normalized spacial score (nSPS) is 13.0. The topological polar surface area (TPSA) is 0 Å². The number of alkyl halides is 4. The third-order valence-electron chi connectivity index (χ3n) is 1.90. The molecule has 0 fully saturated rings. The number of halogens is 8. The van der Waals surface area contributed by atoms with Gasteiger partial charge in [-0.1, -0.05) is 0 Å². The van der Waals surface area contributed by atoms with Crippen LogP contribution in [0, 0.1) is 29.3 Å². The van der Waals surface area contributed by atoms with Crippen LogP contribution in [0.1, 0.15) is 12.5 Å². The SMILES string of the molecule is CC(F)(F)C(F)(F)c1[c]c(F)c(F)c(F)c1F. The van der Waals surface area contributed by atoms with E-state index in [0.29, 0.717) is 0 Å². The van der Waals surface area contributed by atoms with Crippen LogP contribution in [0.2, 0.25) is 0 Å². The van der Waals surface area contributed by atoms with Crippen LogP contribution in [0.25, 0.3) is 0 Å². The molecule has 0 atom stereocenters. The summed E-state index contributed by atoms with van der Waals surface area (Å²) in [5.74, 6) is -19.9. The molecule has 0 aromatic heterocycles. The van der Waals surface area contributed by atoms with Gasteiger partial charge in [0.1, 0.15) is 0 Å². The molecule has 0 saturated carbocycles. The van der Waals surface area contributed by atoms with Crippen LogP contribution in [-0.4, -0.2) is 5.92 Å². The lowest BCUT2D eigenvalue weighted by Gasteiger charge is -2.23. The van der Waals surface area contributed by atoms with Crippen LogP contribution < -0.4 is 0 Å². The highest BCUT2D eigenvalue weighted by Crippen LogP contribution is 2.44. The van der Waals surface area contributed by atoms with E-state index in [2.05, 4.69) is 0 Å². The number of hydrogen-bond acceptors (Lipinski definition) is 0. The van der Waals surface area contributed by atoms with Gasteiger partial charge in [0, 0.05) is 13.0 Å². The molecular weight excluding hydrogens is 260 g/mol. The largest absolute Gasteiger partial charge is 0.338 e. The van der Waals surface area contributed by atoms with Crippen LogP contribution in [-0.2, 0) is 5.92 Å². The molecule has 0 aliphatic rings. The minimum Gasteiger partial charge on any atom is -0.203 e. The summed E-state index contributed by atoms with van der Waals surface area (Å²) in [4.78, 5) is 0. The second-order valence-corrected chi connectivity index (χ2v) is 3.22. The summed E-state index contributed by atoms with van der Waals surface area (Å²) in [5.41, 5.74) is -2.36. The van der Waals surface area contributed by atoms with Crippen molar-refractivity contribution >= 4 is 0 Å². The predicted molar refractivity (Wildman–Crippen MR) is 39.6 cm³/mol. The van der Waals surface area contributed by atoms with E-state index in [0.717, 1.165) is 6.07 Å². The van der Waals surface area contributed by atoms with Crippen molar-refractivity contribution in [3.8, 4) is 0 Å². The van der Waals surface area contributed by atoms with Gasteiger partial charge >= 0.3 is 11.8 Å². The van der Waals surface area contributed by atoms with Crippen LogP contribution >= 0.6 is 0 Å². The molecule has 0 spiro atoms. The zero-order chi connectivity index (χ0) is 13.6. The molecule has 0 N–H and O–H groups in total. The molecule has 0 saturated heterocycles. The fourth-order valence-electron chi connectivity index (χ4n) is 0.958. The fourth-order valence-corrected chi connectivity index (χ4v) is 0.958. The molecule has 0 unspecified atom stereocenters. The van der Waals surface area contributed by atoms with Crippen LogP contribution in [0.3, 0.4) is 0 Å². The lowest BCUT2D eigenvalue weighted by Crippen LogP contribution is -2.36. The minimum atomic E-state index is -5.22. The molecule has 0 amide bonds. The van der Waals surface area contributed by atoms with Gasteiger partial charge < -0.3 is 0 Å². The standard InChI is InChI=1S/C9H3F8/c1-8(14,15)9(16,17)3-2-4(10)6(12)7(13)5(3)11/h1H3. The Labute approximate surface area is 89.9 Å². The third kappa shape index (κ3) is 2.07. The first kappa shape index (κ1) is 13.7. The van der Waals surface area contributed by atoms with Crippen molar-refractivity contribution in [2.75, 3.05) is 0 Å². The van der Waals surface area contributed by atoms with E-state index in [1.54, 1.807) is 0 Å². The molecule has 0 bridgehead atoms. The lowest BCUT2D eigenvalue weighted by atomic mass is 10.0. The zero-order valence-electron chi connectivity index (χ0n) is 8.02. The van der Waals surface area contributed by atoms with Crippen molar-refractivity contribution in [2.45, 2.75) is 18.8 Å². The van der Waals surface area contributed by atoms with Gasteiger partial charge in [-0.3, -0.25) is 0 Å². The van der Waals surface area contributed by atoms with Gasteiger partial charge in [0.05, 0.1) is 5.56 Å². The highest BCUT2D eigenvalue weighted by atomic mass is 19.3. The third-order valence-corrected chi connectivity index (χ3v) is 1.90. The second kappa shape index (κ2) is 3.85. The van der Waals surface area contributed by atoms with Crippen molar-refractivity contribution in [3.63, 3.8) is 0 Å². The van der Waals surface area contributed by atoms with Gasteiger partial charge in [0.2, 0.25) is 0 Å². The average molecular weight is 263 g/mol. The Hall–Kier alpha value is -1.34. The van der Waals surface area contributed by atoms with Crippen LogP contribution in [0.4, 0.5) is 35.1 Å². The summed E-state index contributed by atoms with van der Waals surface area (Å²) in [6, 6.07) is 0.745. The Morgan fingerprint density at radius 1 is 0.824 bits per heavy atom. The van der Waals surface area contributed by atoms with Crippen molar-refractivity contribution in [3.05, 3.63) is 34.9 Å². The van der Waals surface area contributed by atoms with Crippen molar-refractivity contribution in [2.24, 2.45) is 0 Å². The molecule has 0 aliphatic heterocycles. The molecule has 0 heterocycles. The Kier molecular flexibility index (Phi) is 3.11. The molecule has 1 aromatic rings. The molecule has 17 heavy (non-hydrogen) atoms. The maximum absolute atomic E-state index is 12.9. The van der Waals surface area contributed by atoms with E-state index in [9.17, 15) is 35.1 Å². The summed E-state index contributed by atoms with van der Waals surface area (Å²) in [5, 5.41) is 0. The monoisotopic (exact) mass is 263 g/mol. The van der Waals surface area contributed by atoms with E-state index in [1.165, 1.54) is 0 Å². The molecule has 8 heteroatoms. The molecule has 0 aliphatic carbocycles. The fraction of sp³-hybridized carbons (Fsp3) is 0.333. The Morgan fingerprint density at radius 3 is 1.71 bits per heavy atom. The predicted octanol–water partition coefficient (Wildman–Crippen LogP) is 3.79. The van der Waals surface area contributed by atoms with Crippen LogP contribution in [0.5, 0.6) is 0 Å². The van der Waals surface area contributed by atoms with E-state index >= 15 is 0 Å². The average Bonchev–Trinajstić information content (AvgIpc) is 2.18. The number of rotatable bonds is 2. The Balaban J connectivity index is 3.54. The molecule has 95 valence electrons. The minimum absolute atomic E-state index is 0.278. The van der Waals surface area contributed by atoms with E-state index in [4.69, 9.17) is 0 Å². The van der Waals surface area contributed by atoms with Gasteiger partial charge in [-0.25, -0.2) is 17.6 Å². The van der Waals surface area contributed by atoms with Gasteiger partial charge in [0.15, 0.2) is 23.3 Å². The second-order valence-electron chi connectivity index (χ2n) is 3.22. The van der Waals surface area contributed by atoms with E-state index < -0.39 is 40.7 Å². The summed E-state index contributed by atoms with van der Waals surface area (Å²) in [6.45, 7) is -0.278. The molecule has 0 nitrogen and oxygen atoms in total. The van der Waals surface area contributed by atoms with Gasteiger partial charge in [0.25, 0.3) is 0 Å². The molecule has 1 rings (SSSR count). The quantitative estimate of drug-likeness (QED) is 0.432. The summed E-state index contributed by atoms with van der Waals surface area (Å²) in [7, 11) is 0. The first-order valence-electron chi connectivity index (χ1n) is 4.01. The molecular formula is C9H3F8. The van der Waals surface area contributed by atoms with E-state index in [1.807, 2.05) is 0 Å². The summed E-state index contributed by atoms with van der Waals surface area (Å²) >= 11 is 0. The van der Waals surface area contributed by atoms with Gasteiger partial charge in [-0.05, 0) is 0 Å². The number of hydrogen-bond donors (Lipinski definition) is 0. The maximum atomic E-state index is 12.9. The highest BCUT2D eigenvalue weighted by molar-refractivity contribution is 5.26. The van der Waals surface area contributed by atoms with Gasteiger partial charge in [-0.15, -0.1) is 0 Å². The van der Waals surface area contributed by atoms with Crippen molar-refractivity contribution in [1.29, 1.82) is 0 Å². The smallest absolute Gasteiger partial charge is 0.203 e. The zero-order valence-corrected chi connectivity index (χ0v) is 8.02. The van der Waals surface area contributed by atoms with Crippen molar-refractivity contribution < 1.29 is 35.1 Å². The highest BCUT2D eigenvalue weighted by Gasteiger charge is 2.56. The first-order chi connectivity index (χ1) is 7.50. The van der Waals surface area contributed by atoms with Gasteiger partial charge in [-0.2, -0.15) is 17.6 Å². The molecule has 1 aromatic carbocycles. The first-order valence-corrected chi connectivity index (χ1v) is 4.01. The lowest BCUT2D eigenvalue weighted by molar-refractivity contribution is -0.206. The van der Waals surface area contributed by atoms with Crippen LogP contribution in [0.15, 0.2) is 0 Å². The van der Waals surface area contributed by atoms with E-state index in [-0.39, 0.29) is 6.92 Å². The van der Waals surface area contributed by atoms with Crippen molar-refractivity contribution in [1.82, 2.24) is 0 Å². The summed E-state index contributed by atoms with van der Waals surface area (Å²) < 4.78 is 101. The maximum Gasteiger partial charge on any atom is 0.338 e. The Morgan fingerprint density at radius 2 is 1.29 bits per heavy atom. The molecule has 1 radical (unpaired) electrons. The summed E-state index contributed by atoms with van der Waals surface area (Å²) in [6.07, 6.45) is 0.